The van der Waals surface area contributed by atoms with Crippen LogP contribution in [0.4, 0.5) is 0 Å². The molecule has 9 nitrogen and oxygen atoms in total. The van der Waals surface area contributed by atoms with Crippen molar-refractivity contribution in [3.8, 4) is 0 Å². The number of piperidine rings is 1. The first-order chi connectivity index (χ1) is 18.5. The minimum absolute atomic E-state index is 0.117. The fourth-order valence-corrected chi connectivity index (χ4v) is 5.32. The van der Waals surface area contributed by atoms with Crippen molar-refractivity contribution in [1.82, 2.24) is 25.6 Å². The lowest BCUT2D eigenvalue weighted by Gasteiger charge is -2.43. The molecule has 39 heavy (non-hydrogen) atoms. The Morgan fingerprint density at radius 1 is 1.10 bits per heavy atom. The van der Waals surface area contributed by atoms with Crippen LogP contribution in [0.3, 0.4) is 0 Å². The molecule has 4 rings (SSSR count). The predicted octanol–water partition coefficient (Wildman–Crippen LogP) is 2.38. The van der Waals surface area contributed by atoms with Crippen LogP contribution in [0.2, 0.25) is 0 Å². The summed E-state index contributed by atoms with van der Waals surface area (Å²) in [4.78, 5) is 45.7. The van der Waals surface area contributed by atoms with Crippen LogP contribution in [0.15, 0.2) is 60.8 Å². The van der Waals surface area contributed by atoms with E-state index in [0.717, 1.165) is 22.0 Å². The van der Waals surface area contributed by atoms with Gasteiger partial charge in [0, 0.05) is 50.7 Å². The number of carbonyl (C=O) groups is 3. The zero-order valence-electron chi connectivity index (χ0n) is 23.3. The normalized spacial score (nSPS) is 18.7. The van der Waals surface area contributed by atoms with Crippen LogP contribution >= 0.6 is 0 Å². The predicted molar refractivity (Wildman–Crippen MR) is 152 cm³/mol. The second-order valence-corrected chi connectivity index (χ2v) is 11.5. The van der Waals surface area contributed by atoms with Gasteiger partial charge in [-0.25, -0.2) is 5.01 Å². The lowest BCUT2D eigenvalue weighted by atomic mass is 9.74. The summed E-state index contributed by atoms with van der Waals surface area (Å²) in [5, 5.41) is 5.55. The van der Waals surface area contributed by atoms with Crippen molar-refractivity contribution in [1.29, 1.82) is 0 Å². The quantitative estimate of drug-likeness (QED) is 0.315. The van der Waals surface area contributed by atoms with Gasteiger partial charge in [-0.15, -0.1) is 0 Å². The number of nitrogens with zero attached hydrogens (tertiary/aromatic N) is 2. The fourth-order valence-electron chi connectivity index (χ4n) is 5.32. The van der Waals surface area contributed by atoms with E-state index in [9.17, 15) is 14.4 Å². The second-order valence-electron chi connectivity index (χ2n) is 11.5. The summed E-state index contributed by atoms with van der Waals surface area (Å²) in [6.45, 7) is 4.00. The van der Waals surface area contributed by atoms with Gasteiger partial charge in [-0.3, -0.25) is 19.8 Å². The molecule has 2 heterocycles. The maximum Gasteiger partial charge on any atom is 0.245 e. The number of amides is 3. The minimum atomic E-state index is -1.15. The molecule has 1 saturated heterocycles. The van der Waals surface area contributed by atoms with Crippen molar-refractivity contribution in [2.45, 2.75) is 51.1 Å². The first-order valence-corrected chi connectivity index (χ1v) is 13.4. The molecular formula is C30H40N6O3. The van der Waals surface area contributed by atoms with Crippen LogP contribution in [0.1, 0.15) is 37.8 Å². The molecule has 0 aliphatic carbocycles. The Morgan fingerprint density at radius 2 is 1.79 bits per heavy atom. The molecule has 9 heteroatoms. The van der Waals surface area contributed by atoms with E-state index < -0.39 is 22.9 Å². The molecule has 1 aliphatic heterocycles. The minimum Gasteiger partial charge on any atom is -0.361 e. The monoisotopic (exact) mass is 532 g/mol. The molecule has 1 aliphatic rings. The number of hydrazine groups is 1. The molecule has 0 radical (unpaired) electrons. The van der Waals surface area contributed by atoms with Crippen LogP contribution in [-0.4, -0.2) is 71.4 Å². The third-order valence-corrected chi connectivity index (χ3v) is 7.37. The Bertz CT molecular complexity index is 1310. The van der Waals surface area contributed by atoms with Crippen LogP contribution in [0, 0.1) is 5.41 Å². The highest BCUT2D eigenvalue weighted by Gasteiger charge is 2.45. The third kappa shape index (κ3) is 6.66. The number of fused-ring (bicyclic) bond motifs is 1. The number of para-hydroxylation sites is 1. The van der Waals surface area contributed by atoms with E-state index in [-0.39, 0.29) is 18.4 Å². The number of aromatic nitrogens is 1. The van der Waals surface area contributed by atoms with E-state index in [2.05, 4.69) is 15.7 Å². The van der Waals surface area contributed by atoms with Crippen molar-refractivity contribution in [3.63, 3.8) is 0 Å². The van der Waals surface area contributed by atoms with Gasteiger partial charge in [0.05, 0.1) is 11.0 Å². The van der Waals surface area contributed by atoms with Gasteiger partial charge < -0.3 is 20.9 Å². The Morgan fingerprint density at radius 3 is 2.49 bits per heavy atom. The molecule has 2 aromatic carbocycles. The van der Waals surface area contributed by atoms with Gasteiger partial charge >= 0.3 is 0 Å². The van der Waals surface area contributed by atoms with E-state index in [0.29, 0.717) is 32.2 Å². The van der Waals surface area contributed by atoms with Gasteiger partial charge in [0.2, 0.25) is 17.7 Å². The molecule has 0 saturated carbocycles. The van der Waals surface area contributed by atoms with E-state index in [4.69, 9.17) is 5.73 Å². The first-order valence-electron chi connectivity index (χ1n) is 13.4. The van der Waals surface area contributed by atoms with Crippen LogP contribution < -0.4 is 16.5 Å². The zero-order valence-corrected chi connectivity index (χ0v) is 23.3. The molecule has 5 N–H and O–H groups in total. The molecule has 2 unspecified atom stereocenters. The van der Waals surface area contributed by atoms with Gasteiger partial charge in [-0.2, -0.15) is 0 Å². The van der Waals surface area contributed by atoms with Crippen molar-refractivity contribution >= 4 is 28.6 Å². The van der Waals surface area contributed by atoms with E-state index in [1.807, 2.05) is 60.8 Å². The number of benzene rings is 2. The van der Waals surface area contributed by atoms with Crippen LogP contribution in [0.25, 0.3) is 10.9 Å². The number of nitrogens with one attached hydrogen (secondary N) is 3. The number of hydrogen-bond acceptors (Lipinski definition) is 5. The molecule has 0 spiro atoms. The molecule has 1 fully saturated rings. The van der Waals surface area contributed by atoms with Crippen molar-refractivity contribution < 1.29 is 14.4 Å². The Labute approximate surface area is 230 Å². The number of likely N-dealkylation sites (tertiary alicyclic amines) is 1. The van der Waals surface area contributed by atoms with E-state index in [1.165, 1.54) is 0 Å². The largest absolute Gasteiger partial charge is 0.361 e. The number of hydrogen-bond donors (Lipinski definition) is 4. The highest BCUT2D eigenvalue weighted by Crippen LogP contribution is 2.35. The molecule has 1 aromatic heterocycles. The van der Waals surface area contributed by atoms with Crippen molar-refractivity contribution in [2.24, 2.45) is 11.1 Å². The number of nitrogens with two attached hydrogens (primary N) is 1. The average molecular weight is 533 g/mol. The maximum atomic E-state index is 14.1. The topological polar surface area (TPSA) is 124 Å². The number of rotatable bonds is 9. The molecular weight excluding hydrogens is 492 g/mol. The standard InChI is InChI=1S/C30H40N6O3/c1-29(2,31)27(38)33-25(17-22-19-32-24-14-9-8-13-23(22)24)26(37)36-16-10-15-30(20-36,28(39)34-35(3)4)18-21-11-6-5-7-12-21/h5-9,11-14,19,25,32H,10,15-18,20,31H2,1-4H3,(H,33,38)(H,34,39). The summed E-state index contributed by atoms with van der Waals surface area (Å²) in [7, 11) is 3.56. The Balaban J connectivity index is 1.64. The first kappa shape index (κ1) is 28.3. The van der Waals surface area contributed by atoms with Gasteiger partial charge in [-0.1, -0.05) is 48.5 Å². The van der Waals surface area contributed by atoms with Crippen LogP contribution in [0.5, 0.6) is 0 Å². The third-order valence-electron chi connectivity index (χ3n) is 7.37. The summed E-state index contributed by atoms with van der Waals surface area (Å²) in [6, 6.07) is 16.9. The molecule has 208 valence electrons. The van der Waals surface area contributed by atoms with Gasteiger partial charge in [0.25, 0.3) is 0 Å². The highest BCUT2D eigenvalue weighted by molar-refractivity contribution is 5.93. The molecule has 2 atom stereocenters. The lowest BCUT2D eigenvalue weighted by molar-refractivity contribution is -0.146. The summed E-state index contributed by atoms with van der Waals surface area (Å²) in [5.74, 6) is -0.736. The van der Waals surface area contributed by atoms with E-state index >= 15 is 0 Å². The molecule has 3 amide bonds. The average Bonchev–Trinajstić information content (AvgIpc) is 3.30. The van der Waals surface area contributed by atoms with Crippen molar-refractivity contribution in [3.05, 3.63) is 71.9 Å². The maximum absolute atomic E-state index is 14.1. The molecule has 3 aromatic rings. The fraction of sp³-hybridized carbons (Fsp3) is 0.433. The summed E-state index contributed by atoms with van der Waals surface area (Å²) in [5.41, 5.74) is 9.99. The molecule has 0 bridgehead atoms. The zero-order chi connectivity index (χ0) is 28.2. The van der Waals surface area contributed by atoms with Gasteiger partial charge in [-0.05, 0) is 50.3 Å². The Hall–Kier alpha value is -3.69. The van der Waals surface area contributed by atoms with E-state index in [1.54, 1.807) is 37.9 Å². The SMILES string of the molecule is CN(C)NC(=O)C1(Cc2ccccc2)CCCN(C(=O)C(Cc2c[nH]c3ccccc23)NC(=O)C(C)(C)N)C1. The number of aromatic amines is 1. The Kier molecular flexibility index (Phi) is 8.42. The summed E-state index contributed by atoms with van der Waals surface area (Å²) in [6.07, 6.45) is 4.02. The van der Waals surface area contributed by atoms with Crippen LogP contribution in [-0.2, 0) is 27.2 Å². The summed E-state index contributed by atoms with van der Waals surface area (Å²) >= 11 is 0. The summed E-state index contributed by atoms with van der Waals surface area (Å²) < 4.78 is 0. The van der Waals surface area contributed by atoms with Gasteiger partial charge in [0.1, 0.15) is 6.04 Å². The highest BCUT2D eigenvalue weighted by atomic mass is 16.2. The van der Waals surface area contributed by atoms with Crippen molar-refractivity contribution in [2.75, 3.05) is 27.2 Å². The lowest BCUT2D eigenvalue weighted by Crippen LogP contribution is -2.61. The van der Waals surface area contributed by atoms with Gasteiger partial charge in [0.15, 0.2) is 0 Å². The smallest absolute Gasteiger partial charge is 0.245 e. The number of H-pyrrole nitrogens is 1. The number of carbonyl (C=O) groups excluding carboxylic acids is 3. The second kappa shape index (κ2) is 11.6.